The van der Waals surface area contributed by atoms with Crippen molar-refractivity contribution in [2.45, 2.75) is 87.9 Å². The summed E-state index contributed by atoms with van der Waals surface area (Å²) in [6, 6.07) is 40.7. The first-order valence-electron chi connectivity index (χ1n) is 20.7. The predicted molar refractivity (Wildman–Crippen MR) is 221 cm³/mol. The molecule has 0 spiro atoms. The number of likely N-dealkylation sites (tertiary alicyclic amines) is 2. The molecule has 0 aromatic heterocycles. The van der Waals surface area contributed by atoms with Gasteiger partial charge in [-0.25, -0.2) is 0 Å². The molecule has 286 valence electrons. The van der Waals surface area contributed by atoms with E-state index in [4.69, 9.17) is 11.5 Å². The first kappa shape index (κ1) is 39.4. The smallest absolute Gasteiger partial charge is 0.232 e. The molecule has 0 radical (unpaired) electrons. The summed E-state index contributed by atoms with van der Waals surface area (Å²) in [5, 5.41) is 0. The number of carbonyl (C=O) groups is 2. The van der Waals surface area contributed by atoms with E-state index in [0.29, 0.717) is 0 Å². The number of amides is 2. The van der Waals surface area contributed by atoms with E-state index in [2.05, 4.69) is 58.3 Å². The first-order chi connectivity index (χ1) is 26.5. The van der Waals surface area contributed by atoms with Crippen molar-refractivity contribution in [3.05, 3.63) is 144 Å². The molecule has 0 bridgehead atoms. The molecule has 2 aliphatic rings. The van der Waals surface area contributed by atoms with E-state index in [1.165, 1.54) is 64.2 Å². The van der Waals surface area contributed by atoms with Crippen LogP contribution in [0, 0.1) is 11.8 Å². The molecule has 2 fully saturated rings. The minimum Gasteiger partial charge on any atom is -0.369 e. The monoisotopic (exact) mass is 726 g/mol. The van der Waals surface area contributed by atoms with E-state index < -0.39 is 10.8 Å². The Kier molecular flexibility index (Phi) is 14.1. The minimum absolute atomic E-state index is 0.160. The molecule has 2 aliphatic heterocycles. The van der Waals surface area contributed by atoms with E-state index in [9.17, 15) is 9.59 Å². The summed E-state index contributed by atoms with van der Waals surface area (Å²) in [6.45, 7) is 6.03. The van der Waals surface area contributed by atoms with Crippen LogP contribution in [-0.2, 0) is 20.4 Å². The van der Waals surface area contributed by atoms with Crippen LogP contribution in [0.2, 0.25) is 0 Å². The lowest BCUT2D eigenvalue weighted by atomic mass is 9.64. The maximum Gasteiger partial charge on any atom is 0.232 e. The highest BCUT2D eigenvalue weighted by atomic mass is 16.2. The van der Waals surface area contributed by atoms with Crippen molar-refractivity contribution in [3.63, 3.8) is 0 Å². The second-order valence-electron chi connectivity index (χ2n) is 15.9. The SMILES string of the molecule is NC(=O)C(c1ccccc1)(c1ccccc1)C1CCN(CCCCCCCCCCCCN2CCC(C(C(N)=O)(c3ccccc3)c3ccccc3)C2)C1. The van der Waals surface area contributed by atoms with Gasteiger partial charge in [-0.05, 0) is 86.0 Å². The molecular formula is C48H62N4O2. The molecule has 2 atom stereocenters. The van der Waals surface area contributed by atoms with Crippen molar-refractivity contribution in [2.24, 2.45) is 23.3 Å². The van der Waals surface area contributed by atoms with Crippen molar-refractivity contribution in [1.29, 1.82) is 0 Å². The molecule has 0 aliphatic carbocycles. The summed E-state index contributed by atoms with van der Waals surface area (Å²) in [5.74, 6) is -0.175. The summed E-state index contributed by atoms with van der Waals surface area (Å²) in [5.41, 5.74) is 15.0. The molecule has 4 aromatic rings. The van der Waals surface area contributed by atoms with Crippen molar-refractivity contribution in [2.75, 3.05) is 39.3 Å². The zero-order chi connectivity index (χ0) is 37.6. The molecule has 0 saturated carbocycles. The van der Waals surface area contributed by atoms with Gasteiger partial charge in [-0.3, -0.25) is 9.59 Å². The van der Waals surface area contributed by atoms with Gasteiger partial charge in [0.05, 0.1) is 0 Å². The lowest BCUT2D eigenvalue weighted by molar-refractivity contribution is -0.124. The van der Waals surface area contributed by atoms with Crippen molar-refractivity contribution in [3.8, 4) is 0 Å². The average Bonchev–Trinajstić information content (AvgIpc) is 3.88. The zero-order valence-electron chi connectivity index (χ0n) is 32.3. The van der Waals surface area contributed by atoms with Crippen LogP contribution in [0.15, 0.2) is 121 Å². The van der Waals surface area contributed by atoms with Gasteiger partial charge in [0.25, 0.3) is 0 Å². The van der Waals surface area contributed by atoms with Crippen LogP contribution in [0.1, 0.15) is 99.3 Å². The Morgan fingerprint density at radius 1 is 0.444 bits per heavy atom. The summed E-state index contributed by atoms with van der Waals surface area (Å²) < 4.78 is 0. The highest BCUT2D eigenvalue weighted by molar-refractivity contribution is 5.92. The fourth-order valence-corrected chi connectivity index (χ4v) is 9.92. The third-order valence-corrected chi connectivity index (χ3v) is 12.7. The summed E-state index contributed by atoms with van der Waals surface area (Å²) in [7, 11) is 0. The number of hydrogen-bond donors (Lipinski definition) is 2. The molecule has 6 nitrogen and oxygen atoms in total. The van der Waals surface area contributed by atoms with Crippen molar-refractivity contribution in [1.82, 2.24) is 9.80 Å². The van der Waals surface area contributed by atoms with Gasteiger partial charge >= 0.3 is 0 Å². The van der Waals surface area contributed by atoms with Crippen LogP contribution in [0.3, 0.4) is 0 Å². The van der Waals surface area contributed by atoms with Gasteiger partial charge in [0.15, 0.2) is 0 Å². The number of primary amides is 2. The highest BCUT2D eigenvalue weighted by Crippen LogP contribution is 2.45. The largest absolute Gasteiger partial charge is 0.369 e. The molecule has 6 heteroatoms. The second-order valence-corrected chi connectivity index (χ2v) is 15.9. The van der Waals surface area contributed by atoms with Gasteiger partial charge in [-0.15, -0.1) is 0 Å². The fraction of sp³-hybridized carbons (Fsp3) is 0.458. The second kappa shape index (κ2) is 19.4. The third kappa shape index (κ3) is 8.82. The Morgan fingerprint density at radius 2 is 0.704 bits per heavy atom. The molecule has 4 N–H and O–H groups in total. The summed E-state index contributed by atoms with van der Waals surface area (Å²) in [4.78, 5) is 31.8. The zero-order valence-corrected chi connectivity index (χ0v) is 32.3. The average molecular weight is 727 g/mol. The van der Waals surface area contributed by atoms with Gasteiger partial charge in [-0.2, -0.15) is 0 Å². The minimum atomic E-state index is -0.807. The standard InChI is InChI=1S/C48H62N4O2/c49-45(53)47(39-23-13-9-14-24-39,40-25-15-10-16-26-40)43-31-35-51(37-43)33-21-7-5-3-1-2-4-6-8-22-34-52-36-32-44(38-52)48(46(50)54,41-27-17-11-18-28-41)42-29-19-12-20-30-42/h9-20,23-30,43-44H,1-8,21-22,31-38H2,(H2,49,53)(H2,50,54). The lowest BCUT2D eigenvalue weighted by Gasteiger charge is -2.37. The van der Waals surface area contributed by atoms with Gasteiger partial charge in [0, 0.05) is 13.1 Å². The van der Waals surface area contributed by atoms with Crippen LogP contribution >= 0.6 is 0 Å². The van der Waals surface area contributed by atoms with E-state index in [1.54, 1.807) is 0 Å². The van der Waals surface area contributed by atoms with E-state index in [0.717, 1.165) is 74.4 Å². The summed E-state index contributed by atoms with van der Waals surface area (Å²) in [6.07, 6.45) is 14.8. The van der Waals surface area contributed by atoms with Crippen LogP contribution in [0.4, 0.5) is 0 Å². The molecule has 54 heavy (non-hydrogen) atoms. The molecule has 2 amide bonds. The number of carbonyl (C=O) groups excluding carboxylic acids is 2. The number of hydrogen-bond acceptors (Lipinski definition) is 4. The molecule has 6 rings (SSSR count). The van der Waals surface area contributed by atoms with Gasteiger partial charge in [0.1, 0.15) is 10.8 Å². The maximum atomic E-state index is 13.4. The predicted octanol–water partition coefficient (Wildman–Crippen LogP) is 8.47. The van der Waals surface area contributed by atoms with Crippen LogP contribution < -0.4 is 11.5 Å². The van der Waals surface area contributed by atoms with Crippen molar-refractivity contribution < 1.29 is 9.59 Å². The van der Waals surface area contributed by atoms with Gasteiger partial charge in [-0.1, -0.05) is 173 Å². The molecule has 2 saturated heterocycles. The Labute approximate surface area is 324 Å². The molecular weight excluding hydrogens is 665 g/mol. The topological polar surface area (TPSA) is 92.7 Å². The molecule has 4 aromatic carbocycles. The highest BCUT2D eigenvalue weighted by Gasteiger charge is 2.50. The molecule has 2 heterocycles. The first-order valence-corrected chi connectivity index (χ1v) is 20.7. The van der Waals surface area contributed by atoms with E-state index >= 15 is 0 Å². The Morgan fingerprint density at radius 3 is 0.963 bits per heavy atom. The Bertz CT molecular complexity index is 1510. The Hall–Kier alpha value is -4.26. The van der Waals surface area contributed by atoms with E-state index in [-0.39, 0.29) is 23.7 Å². The number of unbranched alkanes of at least 4 members (excludes halogenated alkanes) is 9. The van der Waals surface area contributed by atoms with Crippen LogP contribution in [0.25, 0.3) is 0 Å². The number of benzene rings is 4. The van der Waals surface area contributed by atoms with Gasteiger partial charge in [0.2, 0.25) is 11.8 Å². The van der Waals surface area contributed by atoms with Crippen molar-refractivity contribution >= 4 is 11.8 Å². The van der Waals surface area contributed by atoms with Gasteiger partial charge < -0.3 is 21.3 Å². The number of rotatable bonds is 21. The fourth-order valence-electron chi connectivity index (χ4n) is 9.92. The quantitative estimate of drug-likeness (QED) is 0.0843. The number of nitrogens with zero attached hydrogens (tertiary/aromatic N) is 2. The normalized spacial score (nSPS) is 18.2. The van der Waals surface area contributed by atoms with E-state index in [1.807, 2.05) is 72.8 Å². The van der Waals surface area contributed by atoms with Crippen LogP contribution in [0.5, 0.6) is 0 Å². The lowest BCUT2D eigenvalue weighted by Crippen LogP contribution is -2.49. The third-order valence-electron chi connectivity index (χ3n) is 12.7. The summed E-state index contributed by atoms with van der Waals surface area (Å²) >= 11 is 0. The van der Waals surface area contributed by atoms with Crippen LogP contribution in [-0.4, -0.2) is 60.9 Å². The number of nitrogens with two attached hydrogens (primary N) is 2. The Balaban J connectivity index is 0.854. The molecule has 2 unspecified atom stereocenters. The maximum absolute atomic E-state index is 13.4.